The van der Waals surface area contributed by atoms with E-state index in [0.717, 1.165) is 18.5 Å². The molecule has 2 atom stereocenters. The number of rotatable bonds is 4. The van der Waals surface area contributed by atoms with Gasteiger partial charge in [0.05, 0.1) is 18.3 Å². The molecule has 2 amide bonds. The molecule has 0 aromatic carbocycles. The number of carbonyl (C=O) groups excluding carboxylic acids is 2. The number of halogens is 1. The van der Waals surface area contributed by atoms with Crippen molar-refractivity contribution in [3.63, 3.8) is 0 Å². The summed E-state index contributed by atoms with van der Waals surface area (Å²) in [6, 6.07) is 1.10. The molecule has 0 spiro atoms. The van der Waals surface area contributed by atoms with Crippen LogP contribution >= 0.6 is 0 Å². The van der Waals surface area contributed by atoms with Gasteiger partial charge >= 0.3 is 0 Å². The molecule has 0 bridgehead atoms. The van der Waals surface area contributed by atoms with Crippen molar-refractivity contribution in [3.8, 4) is 0 Å². The first-order chi connectivity index (χ1) is 10.5. The predicted molar refractivity (Wildman–Crippen MR) is 78.1 cm³/mol. The summed E-state index contributed by atoms with van der Waals surface area (Å²) in [5, 5.41) is 9.52. The van der Waals surface area contributed by atoms with Crippen LogP contribution in [0.5, 0.6) is 0 Å². The Morgan fingerprint density at radius 1 is 1.41 bits per heavy atom. The lowest BCUT2D eigenvalue weighted by atomic mass is 10.1. The molecule has 120 valence electrons. The van der Waals surface area contributed by atoms with Crippen LogP contribution in [0.15, 0.2) is 6.07 Å². The molecule has 2 fully saturated rings. The molecular weight excluding hydrogens is 287 g/mol. The molecule has 3 rings (SSSR count). The maximum Gasteiger partial charge on any atom is 0.272 e. The normalized spacial score (nSPS) is 24.8. The Balaban J connectivity index is 1.62. The fraction of sp³-hybridized carbons (Fsp3) is 0.667. The van der Waals surface area contributed by atoms with Crippen LogP contribution in [0.4, 0.5) is 4.39 Å². The molecule has 1 saturated heterocycles. The average molecular weight is 308 g/mol. The summed E-state index contributed by atoms with van der Waals surface area (Å²) in [6.07, 6.45) is 0.535. The van der Waals surface area contributed by atoms with Crippen LogP contribution in [0.1, 0.15) is 48.8 Å². The van der Waals surface area contributed by atoms with E-state index >= 15 is 0 Å². The number of alkyl halides is 1. The van der Waals surface area contributed by atoms with Crippen LogP contribution in [0, 0.1) is 5.92 Å². The molecule has 7 heteroatoms. The van der Waals surface area contributed by atoms with Gasteiger partial charge in [-0.1, -0.05) is 13.8 Å². The van der Waals surface area contributed by atoms with Gasteiger partial charge in [-0.25, -0.2) is 4.39 Å². The van der Waals surface area contributed by atoms with Gasteiger partial charge in [-0.15, -0.1) is 0 Å². The van der Waals surface area contributed by atoms with Gasteiger partial charge in [0.2, 0.25) is 5.91 Å². The predicted octanol–water partition coefficient (Wildman–Crippen LogP) is 1.22. The van der Waals surface area contributed by atoms with Crippen molar-refractivity contribution >= 4 is 11.8 Å². The number of nitrogens with one attached hydrogen (secondary N) is 2. The molecular formula is C15H21FN4O2. The molecule has 1 aromatic heterocycles. The molecule has 6 nitrogen and oxygen atoms in total. The van der Waals surface area contributed by atoms with E-state index in [1.54, 1.807) is 6.07 Å². The Hall–Kier alpha value is -1.92. The van der Waals surface area contributed by atoms with E-state index in [0.29, 0.717) is 5.69 Å². The Labute approximate surface area is 128 Å². The van der Waals surface area contributed by atoms with Gasteiger partial charge < -0.3 is 10.2 Å². The van der Waals surface area contributed by atoms with E-state index in [2.05, 4.69) is 15.5 Å². The van der Waals surface area contributed by atoms with Crippen molar-refractivity contribution in [3.05, 3.63) is 17.5 Å². The lowest BCUT2D eigenvalue weighted by Gasteiger charge is -2.15. The summed E-state index contributed by atoms with van der Waals surface area (Å²) in [5.41, 5.74) is 1.17. The molecule has 1 aromatic rings. The van der Waals surface area contributed by atoms with Crippen LogP contribution in [-0.2, 0) is 4.79 Å². The van der Waals surface area contributed by atoms with Crippen LogP contribution in [0.3, 0.4) is 0 Å². The molecule has 22 heavy (non-hydrogen) atoms. The largest absolute Gasteiger partial charge is 0.348 e. The lowest BCUT2D eigenvalue weighted by molar-refractivity contribution is -0.123. The average Bonchev–Trinajstić information content (AvgIpc) is 3.10. The zero-order valence-electron chi connectivity index (χ0n) is 12.8. The number of carbonyl (C=O) groups is 2. The highest BCUT2D eigenvalue weighted by molar-refractivity contribution is 5.92. The summed E-state index contributed by atoms with van der Waals surface area (Å²) < 4.78 is 14.1. The highest BCUT2D eigenvalue weighted by atomic mass is 19.1. The fourth-order valence-electron chi connectivity index (χ4n) is 2.62. The van der Waals surface area contributed by atoms with Gasteiger partial charge in [-0.3, -0.25) is 14.7 Å². The summed E-state index contributed by atoms with van der Waals surface area (Å²) in [4.78, 5) is 25.5. The minimum Gasteiger partial charge on any atom is -0.348 e. The van der Waals surface area contributed by atoms with Crippen molar-refractivity contribution < 1.29 is 14.0 Å². The van der Waals surface area contributed by atoms with E-state index in [4.69, 9.17) is 0 Å². The van der Waals surface area contributed by atoms with Gasteiger partial charge in [0.15, 0.2) is 0 Å². The Bertz CT molecular complexity index is 582. The van der Waals surface area contributed by atoms with Crippen molar-refractivity contribution in [1.82, 2.24) is 20.4 Å². The van der Waals surface area contributed by atoms with Crippen molar-refractivity contribution in [2.45, 2.75) is 44.8 Å². The smallest absolute Gasteiger partial charge is 0.272 e. The molecule has 0 unspecified atom stereocenters. The minimum atomic E-state index is -1.22. The van der Waals surface area contributed by atoms with Crippen LogP contribution in [0.2, 0.25) is 0 Å². The number of amides is 2. The van der Waals surface area contributed by atoms with Gasteiger partial charge in [-0.2, -0.15) is 5.10 Å². The van der Waals surface area contributed by atoms with Crippen LogP contribution in [-0.4, -0.2) is 52.2 Å². The SMILES string of the molecule is CC(C)c1cc(C(=O)N2C[C@H](NC(=O)C3CC3)[C@@H](F)C2)[nH]n1. The third-order valence-electron chi connectivity index (χ3n) is 4.23. The monoisotopic (exact) mass is 308 g/mol. The number of hydrogen-bond acceptors (Lipinski definition) is 3. The van der Waals surface area contributed by atoms with E-state index in [1.165, 1.54) is 4.90 Å². The highest BCUT2D eigenvalue weighted by Gasteiger charge is 2.39. The van der Waals surface area contributed by atoms with Gasteiger partial charge in [-0.05, 0) is 24.8 Å². The Kier molecular flexibility index (Phi) is 3.88. The number of aromatic nitrogens is 2. The quantitative estimate of drug-likeness (QED) is 0.878. The number of aromatic amines is 1. The van der Waals surface area contributed by atoms with E-state index < -0.39 is 12.2 Å². The Morgan fingerprint density at radius 3 is 2.73 bits per heavy atom. The summed E-state index contributed by atoms with van der Waals surface area (Å²) >= 11 is 0. The third-order valence-corrected chi connectivity index (χ3v) is 4.23. The first-order valence-corrected chi connectivity index (χ1v) is 7.74. The number of H-pyrrole nitrogens is 1. The van der Waals surface area contributed by atoms with E-state index in [9.17, 15) is 14.0 Å². The first-order valence-electron chi connectivity index (χ1n) is 7.74. The van der Waals surface area contributed by atoms with Gasteiger partial charge in [0.1, 0.15) is 11.9 Å². The maximum atomic E-state index is 14.1. The second-order valence-corrected chi connectivity index (χ2v) is 6.48. The van der Waals surface area contributed by atoms with Crippen LogP contribution in [0.25, 0.3) is 0 Å². The summed E-state index contributed by atoms with van der Waals surface area (Å²) in [6.45, 7) is 4.18. The zero-order valence-corrected chi connectivity index (χ0v) is 12.8. The van der Waals surface area contributed by atoms with Gasteiger partial charge in [0.25, 0.3) is 5.91 Å². The highest BCUT2D eigenvalue weighted by Crippen LogP contribution is 2.29. The standard InChI is InChI=1S/C15H21FN4O2/c1-8(2)11-5-12(19-18-11)15(22)20-6-10(16)13(7-20)17-14(21)9-3-4-9/h5,8-10,13H,3-4,6-7H2,1-2H3,(H,17,21)(H,18,19)/t10-,13-/m0/s1. The Morgan fingerprint density at radius 2 is 2.14 bits per heavy atom. The molecule has 2 heterocycles. The maximum absolute atomic E-state index is 14.1. The first kappa shape index (κ1) is 15.0. The topological polar surface area (TPSA) is 78.1 Å². The second kappa shape index (κ2) is 5.70. The molecule has 2 aliphatic rings. The molecule has 1 aliphatic carbocycles. The minimum absolute atomic E-state index is 0.00444. The van der Waals surface area contributed by atoms with Crippen molar-refractivity contribution in [2.75, 3.05) is 13.1 Å². The molecule has 1 aliphatic heterocycles. The zero-order chi connectivity index (χ0) is 15.9. The molecule has 1 saturated carbocycles. The summed E-state index contributed by atoms with van der Waals surface area (Å²) in [7, 11) is 0. The van der Waals surface area contributed by atoms with Crippen LogP contribution < -0.4 is 5.32 Å². The molecule has 0 radical (unpaired) electrons. The second-order valence-electron chi connectivity index (χ2n) is 6.48. The number of likely N-dealkylation sites (tertiary alicyclic amines) is 1. The number of hydrogen-bond donors (Lipinski definition) is 2. The fourth-order valence-corrected chi connectivity index (χ4v) is 2.62. The van der Waals surface area contributed by atoms with Gasteiger partial charge in [0, 0.05) is 12.5 Å². The summed E-state index contributed by atoms with van der Waals surface area (Å²) in [5.74, 6) is -0.107. The lowest BCUT2D eigenvalue weighted by Crippen LogP contribution is -2.42. The van der Waals surface area contributed by atoms with E-state index in [-0.39, 0.29) is 36.7 Å². The number of nitrogens with zero attached hydrogens (tertiary/aromatic N) is 2. The van der Waals surface area contributed by atoms with Crippen molar-refractivity contribution in [2.24, 2.45) is 5.92 Å². The van der Waals surface area contributed by atoms with Crippen molar-refractivity contribution in [1.29, 1.82) is 0 Å². The van der Waals surface area contributed by atoms with E-state index in [1.807, 2.05) is 13.8 Å². The third kappa shape index (κ3) is 2.98. The molecule has 2 N–H and O–H groups in total.